The zero-order valence-electron chi connectivity index (χ0n) is 19.7. The van der Waals surface area contributed by atoms with Gasteiger partial charge in [0.1, 0.15) is 23.4 Å². The molecule has 0 spiro atoms. The summed E-state index contributed by atoms with van der Waals surface area (Å²) in [5.74, 6) is -1.25. The quantitative estimate of drug-likeness (QED) is 0.379. The van der Waals surface area contributed by atoms with Gasteiger partial charge in [-0.05, 0) is 46.1 Å². The summed E-state index contributed by atoms with van der Waals surface area (Å²) in [4.78, 5) is 37.3. The van der Waals surface area contributed by atoms with E-state index in [1.165, 1.54) is 0 Å². The maximum Gasteiger partial charge on any atom is 0.408 e. The molecule has 10 nitrogen and oxygen atoms in total. The van der Waals surface area contributed by atoms with Gasteiger partial charge < -0.3 is 24.8 Å². The van der Waals surface area contributed by atoms with Gasteiger partial charge in [0, 0.05) is 6.54 Å². The number of nitrogens with zero attached hydrogens (tertiary/aromatic N) is 1. The van der Waals surface area contributed by atoms with Gasteiger partial charge in [-0.15, -0.1) is 0 Å². The predicted octanol–water partition coefficient (Wildman–Crippen LogP) is 2.09. The Kier molecular flexibility index (Phi) is 10.1. The molecule has 0 radical (unpaired) electrons. The Morgan fingerprint density at radius 3 is 2.61 bits per heavy atom. The lowest BCUT2D eigenvalue weighted by Gasteiger charge is -2.25. The molecule has 1 unspecified atom stereocenters. The fourth-order valence-corrected chi connectivity index (χ4v) is 3.07. The van der Waals surface area contributed by atoms with Gasteiger partial charge in [0.05, 0.1) is 19.8 Å². The van der Waals surface area contributed by atoms with Crippen LogP contribution in [0.25, 0.3) is 0 Å². The maximum atomic E-state index is 12.8. The van der Waals surface area contributed by atoms with Crippen LogP contribution in [0.4, 0.5) is 4.79 Å². The van der Waals surface area contributed by atoms with E-state index in [0.29, 0.717) is 18.8 Å². The highest BCUT2D eigenvalue weighted by Crippen LogP contribution is 2.14. The van der Waals surface area contributed by atoms with E-state index in [0.717, 1.165) is 12.0 Å². The third-order valence-electron chi connectivity index (χ3n) is 4.57. The number of carbonyl (C=O) groups is 3. The number of amidine groups is 1. The van der Waals surface area contributed by atoms with Crippen LogP contribution in [0.5, 0.6) is 0 Å². The summed E-state index contributed by atoms with van der Waals surface area (Å²) >= 11 is 0. The van der Waals surface area contributed by atoms with Gasteiger partial charge in [0.25, 0.3) is 5.91 Å². The first-order chi connectivity index (χ1) is 15.7. The molecule has 2 rings (SSSR count). The lowest BCUT2D eigenvalue weighted by Crippen LogP contribution is -2.50. The fourth-order valence-electron chi connectivity index (χ4n) is 3.07. The molecular formula is C23H34N4O6. The van der Waals surface area contributed by atoms with Gasteiger partial charge in [0.15, 0.2) is 0 Å². The van der Waals surface area contributed by atoms with E-state index in [4.69, 9.17) is 14.2 Å². The van der Waals surface area contributed by atoms with Gasteiger partial charge in [-0.3, -0.25) is 9.59 Å². The Hall–Kier alpha value is -3.14. The zero-order valence-corrected chi connectivity index (χ0v) is 19.7. The second-order valence-electron chi connectivity index (χ2n) is 8.55. The summed E-state index contributed by atoms with van der Waals surface area (Å²) in [6.07, 6.45) is 0.603. The SMILES string of the molecule is CCOC(=O)C1CCCN/C1=N\NC(=O)[C@@H](COCc1ccccc1)NC(=O)OC(C)(C)C. The molecule has 1 saturated heterocycles. The number of rotatable bonds is 9. The molecular weight excluding hydrogens is 428 g/mol. The summed E-state index contributed by atoms with van der Waals surface area (Å²) in [5, 5.41) is 9.65. The molecule has 10 heteroatoms. The number of esters is 1. The predicted molar refractivity (Wildman–Crippen MR) is 122 cm³/mol. The molecule has 2 atom stereocenters. The van der Waals surface area contributed by atoms with Crippen molar-refractivity contribution in [2.75, 3.05) is 19.8 Å². The molecule has 182 valence electrons. The highest BCUT2D eigenvalue weighted by molar-refractivity contribution is 6.02. The molecule has 1 aliphatic rings. The van der Waals surface area contributed by atoms with Crippen LogP contribution in [-0.4, -0.2) is 55.2 Å². The molecule has 1 aliphatic heterocycles. The van der Waals surface area contributed by atoms with Crippen LogP contribution in [0.3, 0.4) is 0 Å². The van der Waals surface area contributed by atoms with E-state index in [-0.39, 0.29) is 19.8 Å². The lowest BCUT2D eigenvalue weighted by molar-refractivity contribution is -0.146. The minimum absolute atomic E-state index is 0.0977. The van der Waals surface area contributed by atoms with Crippen LogP contribution in [0.2, 0.25) is 0 Å². The van der Waals surface area contributed by atoms with Crippen LogP contribution < -0.4 is 16.1 Å². The summed E-state index contributed by atoms with van der Waals surface area (Å²) in [5.41, 5.74) is 2.63. The summed E-state index contributed by atoms with van der Waals surface area (Å²) in [6.45, 7) is 7.97. The van der Waals surface area contributed by atoms with Crippen molar-refractivity contribution >= 4 is 23.8 Å². The molecule has 1 heterocycles. The molecule has 1 fully saturated rings. The smallest absolute Gasteiger partial charge is 0.408 e. The Bertz CT molecular complexity index is 822. The molecule has 1 aromatic rings. The second-order valence-corrected chi connectivity index (χ2v) is 8.55. The Morgan fingerprint density at radius 1 is 1.21 bits per heavy atom. The van der Waals surface area contributed by atoms with E-state index in [2.05, 4.69) is 21.2 Å². The molecule has 0 saturated carbocycles. The third-order valence-corrected chi connectivity index (χ3v) is 4.57. The van der Waals surface area contributed by atoms with E-state index in [1.54, 1.807) is 27.7 Å². The van der Waals surface area contributed by atoms with E-state index < -0.39 is 35.5 Å². The van der Waals surface area contributed by atoms with Gasteiger partial charge in [-0.2, -0.15) is 5.10 Å². The molecule has 0 aliphatic carbocycles. The second kappa shape index (κ2) is 12.8. The number of alkyl carbamates (subject to hydrolysis) is 1. The van der Waals surface area contributed by atoms with Gasteiger partial charge in [-0.25, -0.2) is 10.2 Å². The van der Waals surface area contributed by atoms with Crippen molar-refractivity contribution in [1.29, 1.82) is 0 Å². The molecule has 2 amide bonds. The zero-order chi connectivity index (χ0) is 24.3. The first-order valence-corrected chi connectivity index (χ1v) is 11.1. The van der Waals surface area contributed by atoms with Crippen molar-refractivity contribution < 1.29 is 28.6 Å². The van der Waals surface area contributed by atoms with Crippen molar-refractivity contribution in [3.05, 3.63) is 35.9 Å². The van der Waals surface area contributed by atoms with Crippen molar-refractivity contribution in [2.24, 2.45) is 11.0 Å². The largest absolute Gasteiger partial charge is 0.465 e. The van der Waals surface area contributed by atoms with Gasteiger partial charge in [0.2, 0.25) is 0 Å². The number of piperidine rings is 1. The van der Waals surface area contributed by atoms with Crippen LogP contribution >= 0.6 is 0 Å². The Labute approximate surface area is 194 Å². The number of nitrogens with one attached hydrogen (secondary N) is 3. The number of carbonyl (C=O) groups excluding carboxylic acids is 3. The maximum absolute atomic E-state index is 12.8. The number of amides is 2. The highest BCUT2D eigenvalue weighted by atomic mass is 16.6. The summed E-state index contributed by atoms with van der Waals surface area (Å²) in [6, 6.07) is 8.40. The molecule has 0 aromatic heterocycles. The summed E-state index contributed by atoms with van der Waals surface area (Å²) in [7, 11) is 0. The monoisotopic (exact) mass is 462 g/mol. The Balaban J connectivity index is 2.04. The summed E-state index contributed by atoms with van der Waals surface area (Å²) < 4.78 is 16.0. The van der Waals surface area contributed by atoms with Crippen molar-refractivity contribution in [2.45, 2.75) is 58.8 Å². The van der Waals surface area contributed by atoms with Crippen LogP contribution in [0.15, 0.2) is 35.4 Å². The van der Waals surface area contributed by atoms with E-state index in [1.807, 2.05) is 30.3 Å². The third kappa shape index (κ3) is 9.48. The molecule has 1 aromatic carbocycles. The fraction of sp³-hybridized carbons (Fsp3) is 0.565. The number of hydrazone groups is 1. The van der Waals surface area contributed by atoms with Crippen molar-refractivity contribution in [3.63, 3.8) is 0 Å². The van der Waals surface area contributed by atoms with Crippen LogP contribution in [-0.2, 0) is 30.4 Å². The van der Waals surface area contributed by atoms with E-state index >= 15 is 0 Å². The molecule has 0 bridgehead atoms. The standard InChI is InChI=1S/C23H34N4O6/c1-5-32-21(29)17-12-9-13-24-19(17)26-27-20(28)18(25-22(30)33-23(2,3)4)15-31-14-16-10-7-6-8-11-16/h6-8,10-11,17-18H,5,9,12-15H2,1-4H3,(H,24,26)(H,25,30)(H,27,28)/t17?,18-/m1/s1. The number of hydrogen-bond acceptors (Lipinski definition) is 7. The first-order valence-electron chi connectivity index (χ1n) is 11.1. The number of hydrogen-bond donors (Lipinski definition) is 3. The number of benzene rings is 1. The topological polar surface area (TPSA) is 127 Å². The van der Waals surface area contributed by atoms with Crippen molar-refractivity contribution in [1.82, 2.24) is 16.1 Å². The number of ether oxygens (including phenoxy) is 3. The van der Waals surface area contributed by atoms with Crippen LogP contribution in [0, 0.1) is 5.92 Å². The Morgan fingerprint density at radius 2 is 1.94 bits per heavy atom. The highest BCUT2D eigenvalue weighted by Gasteiger charge is 2.30. The van der Waals surface area contributed by atoms with E-state index in [9.17, 15) is 14.4 Å². The first kappa shape index (κ1) is 26.1. The van der Waals surface area contributed by atoms with Crippen LogP contribution in [0.1, 0.15) is 46.1 Å². The van der Waals surface area contributed by atoms with Crippen molar-refractivity contribution in [3.8, 4) is 0 Å². The van der Waals surface area contributed by atoms with Gasteiger partial charge in [-0.1, -0.05) is 30.3 Å². The lowest BCUT2D eigenvalue weighted by atomic mass is 9.98. The normalized spacial score (nSPS) is 18.1. The molecule has 33 heavy (non-hydrogen) atoms. The minimum atomic E-state index is -1.06. The van der Waals surface area contributed by atoms with Gasteiger partial charge >= 0.3 is 12.1 Å². The molecule has 3 N–H and O–H groups in total. The average molecular weight is 463 g/mol. The minimum Gasteiger partial charge on any atom is -0.465 e. The average Bonchev–Trinajstić information content (AvgIpc) is 2.76.